The number of rotatable bonds is 8. The van der Waals surface area contributed by atoms with Crippen LogP contribution in [-0.2, 0) is 22.5 Å². The molecule has 8 heteroatoms. The second-order valence-corrected chi connectivity index (χ2v) is 9.41. The number of hydrogen-bond acceptors (Lipinski definition) is 5. The van der Waals surface area contributed by atoms with Gasteiger partial charge in [-0.05, 0) is 64.0 Å². The van der Waals surface area contributed by atoms with Gasteiger partial charge < -0.3 is 15.4 Å². The third kappa shape index (κ3) is 5.32. The highest BCUT2D eigenvalue weighted by Gasteiger charge is 2.34. The maximum absolute atomic E-state index is 13.3. The number of benzene rings is 1. The lowest BCUT2D eigenvalue weighted by molar-refractivity contribution is -0.123. The number of aromatic nitrogens is 2. The predicted molar refractivity (Wildman–Crippen MR) is 122 cm³/mol. The standard InChI is InChI=1S/C25H32F2N4O2/c1-15-17(7-4-8-18(15)23(26)27)14-28-24-22(20-9-5-12-33-20)19(29-16(2)30-24)13-21(32)31-25(3)10-6-11-25/h4,7-8,20,23H,5-6,9-14H2,1-3H3,(H,31,32)(H,28,29,30). The van der Waals surface area contributed by atoms with Crippen LogP contribution in [0.25, 0.3) is 0 Å². The molecule has 0 spiro atoms. The molecule has 1 amide bonds. The van der Waals surface area contributed by atoms with Gasteiger partial charge in [-0.25, -0.2) is 18.7 Å². The van der Waals surface area contributed by atoms with Crippen molar-refractivity contribution in [1.29, 1.82) is 0 Å². The highest BCUT2D eigenvalue weighted by molar-refractivity contribution is 5.80. The van der Waals surface area contributed by atoms with Crippen molar-refractivity contribution in [2.75, 3.05) is 11.9 Å². The molecule has 1 aromatic carbocycles. The minimum absolute atomic E-state index is 0.0365. The highest BCUT2D eigenvalue weighted by Crippen LogP contribution is 2.36. The van der Waals surface area contributed by atoms with Crippen LogP contribution < -0.4 is 10.6 Å². The Hall–Kier alpha value is -2.61. The van der Waals surface area contributed by atoms with Crippen molar-refractivity contribution in [2.24, 2.45) is 0 Å². The van der Waals surface area contributed by atoms with Gasteiger partial charge in [0.2, 0.25) is 5.91 Å². The Morgan fingerprint density at radius 3 is 2.67 bits per heavy atom. The van der Waals surface area contributed by atoms with Crippen LogP contribution in [0.1, 0.15) is 85.3 Å². The summed E-state index contributed by atoms with van der Waals surface area (Å²) < 4.78 is 32.6. The maximum atomic E-state index is 13.3. The molecule has 1 unspecified atom stereocenters. The monoisotopic (exact) mass is 458 g/mol. The Bertz CT molecular complexity index is 1020. The molecule has 0 radical (unpaired) electrons. The van der Waals surface area contributed by atoms with E-state index in [0.29, 0.717) is 36.1 Å². The lowest BCUT2D eigenvalue weighted by atomic mass is 9.78. The van der Waals surface area contributed by atoms with E-state index in [9.17, 15) is 13.6 Å². The van der Waals surface area contributed by atoms with Crippen LogP contribution in [0.3, 0.4) is 0 Å². The summed E-state index contributed by atoms with van der Waals surface area (Å²) in [6.07, 6.45) is 2.31. The van der Waals surface area contributed by atoms with Gasteiger partial charge in [-0.2, -0.15) is 0 Å². The van der Waals surface area contributed by atoms with Gasteiger partial charge in [-0.3, -0.25) is 4.79 Å². The number of ether oxygens (including phenoxy) is 1. The van der Waals surface area contributed by atoms with Crippen molar-refractivity contribution < 1.29 is 18.3 Å². The zero-order chi connectivity index (χ0) is 23.6. The van der Waals surface area contributed by atoms with E-state index in [-0.39, 0.29) is 29.5 Å². The second kappa shape index (κ2) is 9.71. The summed E-state index contributed by atoms with van der Waals surface area (Å²) in [5, 5.41) is 6.48. The highest BCUT2D eigenvalue weighted by atomic mass is 19.3. The fourth-order valence-electron chi connectivity index (χ4n) is 4.73. The van der Waals surface area contributed by atoms with Gasteiger partial charge in [0, 0.05) is 29.8 Å². The van der Waals surface area contributed by atoms with Gasteiger partial charge in [-0.1, -0.05) is 18.2 Å². The predicted octanol–water partition coefficient (Wildman–Crippen LogP) is 5.10. The van der Waals surface area contributed by atoms with Crippen molar-refractivity contribution >= 4 is 11.7 Å². The fraction of sp³-hybridized carbons (Fsp3) is 0.560. The number of carbonyl (C=O) groups is 1. The van der Waals surface area contributed by atoms with E-state index in [2.05, 4.69) is 27.5 Å². The Balaban J connectivity index is 1.60. The van der Waals surface area contributed by atoms with Gasteiger partial charge >= 0.3 is 0 Å². The Labute approximate surface area is 193 Å². The van der Waals surface area contributed by atoms with Crippen LogP contribution >= 0.6 is 0 Å². The minimum atomic E-state index is -2.52. The van der Waals surface area contributed by atoms with E-state index >= 15 is 0 Å². The van der Waals surface area contributed by atoms with Gasteiger partial charge in [0.25, 0.3) is 6.43 Å². The van der Waals surface area contributed by atoms with Gasteiger partial charge in [0.15, 0.2) is 0 Å². The Kier molecular flexibility index (Phi) is 6.93. The van der Waals surface area contributed by atoms with E-state index in [1.807, 2.05) is 6.07 Å². The number of halogens is 2. The van der Waals surface area contributed by atoms with E-state index in [0.717, 1.165) is 43.2 Å². The molecule has 1 saturated carbocycles. The lowest BCUT2D eigenvalue weighted by Gasteiger charge is -2.39. The van der Waals surface area contributed by atoms with E-state index in [4.69, 9.17) is 4.74 Å². The summed E-state index contributed by atoms with van der Waals surface area (Å²) in [7, 11) is 0. The molecule has 1 aromatic heterocycles. The number of anilines is 1. The molecule has 2 aromatic rings. The van der Waals surface area contributed by atoms with Gasteiger partial charge in [0.05, 0.1) is 18.2 Å². The molecular formula is C25H32F2N4O2. The summed E-state index contributed by atoms with van der Waals surface area (Å²) in [4.78, 5) is 22.1. The first-order valence-corrected chi connectivity index (χ1v) is 11.7. The summed E-state index contributed by atoms with van der Waals surface area (Å²) in [5.41, 5.74) is 2.72. The average Bonchev–Trinajstić information content (AvgIpc) is 3.25. The number of alkyl halides is 2. The molecule has 2 heterocycles. The van der Waals surface area contributed by atoms with Crippen molar-refractivity contribution in [3.8, 4) is 0 Å². The molecule has 4 rings (SSSR count). The van der Waals surface area contributed by atoms with Crippen LogP contribution in [0, 0.1) is 13.8 Å². The second-order valence-electron chi connectivity index (χ2n) is 9.41. The number of nitrogens with one attached hydrogen (secondary N) is 2. The van der Waals surface area contributed by atoms with E-state index in [1.165, 1.54) is 6.07 Å². The third-order valence-electron chi connectivity index (χ3n) is 6.78. The largest absolute Gasteiger partial charge is 0.373 e. The molecule has 1 atom stereocenters. The lowest BCUT2D eigenvalue weighted by Crippen LogP contribution is -2.51. The van der Waals surface area contributed by atoms with Crippen molar-refractivity contribution in [3.63, 3.8) is 0 Å². The van der Waals surface area contributed by atoms with Crippen molar-refractivity contribution in [1.82, 2.24) is 15.3 Å². The SMILES string of the molecule is Cc1nc(CC(=O)NC2(C)CCC2)c(C2CCCO2)c(NCc2cccc(C(F)F)c2C)n1. The van der Waals surface area contributed by atoms with Gasteiger partial charge in [-0.15, -0.1) is 0 Å². The summed E-state index contributed by atoms with van der Waals surface area (Å²) >= 11 is 0. The zero-order valence-electron chi connectivity index (χ0n) is 19.5. The number of amides is 1. The first-order chi connectivity index (χ1) is 15.8. The number of hydrogen-bond donors (Lipinski definition) is 2. The quantitative estimate of drug-likeness (QED) is 0.576. The average molecular weight is 459 g/mol. The smallest absolute Gasteiger partial charge is 0.264 e. The minimum Gasteiger partial charge on any atom is -0.373 e. The molecule has 33 heavy (non-hydrogen) atoms. The molecule has 6 nitrogen and oxygen atoms in total. The molecule has 2 fully saturated rings. The summed E-state index contributed by atoms with van der Waals surface area (Å²) in [5.74, 6) is 1.10. The number of aryl methyl sites for hydroxylation is 1. The molecule has 2 aliphatic rings. The molecule has 1 aliphatic heterocycles. The molecule has 1 aliphatic carbocycles. The summed E-state index contributed by atoms with van der Waals surface area (Å²) in [6.45, 7) is 6.57. The molecule has 1 saturated heterocycles. The van der Waals surface area contributed by atoms with Gasteiger partial charge in [0.1, 0.15) is 11.6 Å². The van der Waals surface area contributed by atoms with Crippen LogP contribution in [-0.4, -0.2) is 28.0 Å². The molecule has 2 N–H and O–H groups in total. The van der Waals surface area contributed by atoms with Crippen LogP contribution in [0.4, 0.5) is 14.6 Å². The maximum Gasteiger partial charge on any atom is 0.264 e. The van der Waals surface area contributed by atoms with Crippen LogP contribution in [0.5, 0.6) is 0 Å². The molecular weight excluding hydrogens is 426 g/mol. The first-order valence-electron chi connectivity index (χ1n) is 11.7. The van der Waals surface area contributed by atoms with E-state index < -0.39 is 6.43 Å². The fourth-order valence-corrected chi connectivity index (χ4v) is 4.73. The van der Waals surface area contributed by atoms with Crippen LogP contribution in [0.15, 0.2) is 18.2 Å². The van der Waals surface area contributed by atoms with E-state index in [1.54, 1.807) is 19.9 Å². The Morgan fingerprint density at radius 1 is 1.24 bits per heavy atom. The zero-order valence-corrected chi connectivity index (χ0v) is 19.5. The van der Waals surface area contributed by atoms with Crippen molar-refractivity contribution in [2.45, 2.75) is 83.9 Å². The third-order valence-corrected chi connectivity index (χ3v) is 6.78. The summed E-state index contributed by atoms with van der Waals surface area (Å²) in [6, 6.07) is 4.94. The number of nitrogens with zero attached hydrogens (tertiary/aromatic N) is 2. The Morgan fingerprint density at radius 2 is 2.03 bits per heavy atom. The first kappa shape index (κ1) is 23.5. The van der Waals surface area contributed by atoms with Crippen LogP contribution in [0.2, 0.25) is 0 Å². The molecule has 178 valence electrons. The number of carbonyl (C=O) groups excluding carboxylic acids is 1. The molecule has 0 bridgehead atoms. The topological polar surface area (TPSA) is 76.1 Å². The van der Waals surface area contributed by atoms with Crippen molar-refractivity contribution in [3.05, 3.63) is 52.0 Å². The normalized spacial score (nSPS) is 19.4.